The zero-order valence-corrected chi connectivity index (χ0v) is 13.7. The van der Waals surface area contributed by atoms with Gasteiger partial charge in [-0.25, -0.2) is 0 Å². The van der Waals surface area contributed by atoms with E-state index in [-0.39, 0.29) is 26.4 Å². The van der Waals surface area contributed by atoms with Crippen molar-refractivity contribution in [1.82, 2.24) is 0 Å². The molecule has 0 aromatic carbocycles. The van der Waals surface area contributed by atoms with Crippen molar-refractivity contribution >= 4 is 67.9 Å². The van der Waals surface area contributed by atoms with E-state index in [1.165, 1.54) is 5.46 Å². The molecule has 0 aromatic heterocycles. The van der Waals surface area contributed by atoms with E-state index in [4.69, 9.17) is 0 Å². The molecule has 17 heavy (non-hydrogen) atoms. The van der Waals surface area contributed by atoms with Gasteiger partial charge in [0, 0.05) is 0 Å². The fourth-order valence-electron chi connectivity index (χ4n) is 3.88. The first-order valence-corrected chi connectivity index (χ1v) is 6.85. The van der Waals surface area contributed by atoms with Crippen LogP contribution in [0.15, 0.2) is 0 Å². The Morgan fingerprint density at radius 2 is 1.12 bits per heavy atom. The SMILES string of the molecule is B=C1C(B)(B)C(B)(C)C(B)(C)C(B)(B)C1(B)C. The van der Waals surface area contributed by atoms with E-state index in [1.807, 2.05) is 0 Å². The molecule has 0 nitrogen and oxygen atoms in total. The minimum absolute atomic E-state index is 0.162. The Kier molecular flexibility index (Phi) is 3.16. The first kappa shape index (κ1) is 15.4. The van der Waals surface area contributed by atoms with Gasteiger partial charge in [0.1, 0.15) is 0 Å². The molecule has 0 radical (unpaired) electrons. The van der Waals surface area contributed by atoms with E-state index in [2.05, 4.69) is 83.2 Å². The molecule has 84 valence electrons. The molecular formula is C9H24B8. The third kappa shape index (κ3) is 1.45. The molecule has 0 amide bonds. The van der Waals surface area contributed by atoms with Gasteiger partial charge in [-0.15, -0.1) is 0 Å². The number of hydrogen-bond donors (Lipinski definition) is 0. The van der Waals surface area contributed by atoms with Gasteiger partial charge in [0.15, 0.2) is 0 Å². The van der Waals surface area contributed by atoms with Crippen molar-refractivity contribution in [2.24, 2.45) is 0 Å². The van der Waals surface area contributed by atoms with Crippen molar-refractivity contribution in [3.63, 3.8) is 0 Å². The monoisotopic (exact) mass is 220 g/mol. The Bertz CT molecular complexity index is 333. The van der Waals surface area contributed by atoms with E-state index in [1.54, 1.807) is 0 Å². The molecule has 8 heteroatoms. The van der Waals surface area contributed by atoms with Gasteiger partial charge >= 0.3 is 115 Å². The van der Waals surface area contributed by atoms with E-state index >= 15 is 0 Å². The molecule has 1 saturated carbocycles. The summed E-state index contributed by atoms with van der Waals surface area (Å²) in [5, 5.41) is 1.05. The first-order valence-electron chi connectivity index (χ1n) is 6.85. The van der Waals surface area contributed by atoms with Crippen LogP contribution in [-0.4, -0.2) is 67.9 Å². The third-order valence-corrected chi connectivity index (χ3v) is 7.76. The quantitative estimate of drug-likeness (QED) is 0.359. The number of hydrogen-bond acceptors (Lipinski definition) is 0. The molecular weight excluding hydrogens is 195 g/mol. The maximum absolute atomic E-state index is 4.48. The molecule has 0 N–H and O–H groups in total. The van der Waals surface area contributed by atoms with E-state index in [0.717, 1.165) is 0 Å². The zero-order valence-electron chi connectivity index (χ0n) is 13.7. The van der Waals surface area contributed by atoms with Gasteiger partial charge in [-0.1, -0.05) is 0 Å². The predicted octanol–water partition coefficient (Wildman–Crippen LogP) is -4.73. The van der Waals surface area contributed by atoms with Gasteiger partial charge in [-0.05, 0) is 0 Å². The fourth-order valence-corrected chi connectivity index (χ4v) is 3.88. The summed E-state index contributed by atoms with van der Waals surface area (Å²) in [6.07, 6.45) is 0. The molecule has 0 aliphatic heterocycles. The van der Waals surface area contributed by atoms with Crippen molar-refractivity contribution in [1.29, 1.82) is 0 Å². The Balaban J connectivity index is 3.62. The van der Waals surface area contributed by atoms with Gasteiger partial charge in [-0.3, -0.25) is 0 Å². The van der Waals surface area contributed by atoms with E-state index in [0.29, 0.717) is 0 Å². The molecule has 3 atom stereocenters. The molecule has 3 unspecified atom stereocenters. The normalized spacial score (nSPS) is 48.7. The van der Waals surface area contributed by atoms with Gasteiger partial charge in [-0.2, -0.15) is 0 Å². The molecule has 1 aliphatic rings. The van der Waals surface area contributed by atoms with Crippen LogP contribution in [0.5, 0.6) is 0 Å². The summed E-state index contributed by atoms with van der Waals surface area (Å²) >= 11 is 0. The van der Waals surface area contributed by atoms with Crippen molar-refractivity contribution in [2.75, 3.05) is 0 Å². The topological polar surface area (TPSA) is 0 Å². The molecule has 0 heterocycles. The van der Waals surface area contributed by atoms with Crippen molar-refractivity contribution in [3.8, 4) is 0 Å². The summed E-state index contributed by atoms with van der Waals surface area (Å²) < 4.78 is 0. The summed E-state index contributed by atoms with van der Waals surface area (Å²) in [5.41, 5.74) is 1.40. The summed E-state index contributed by atoms with van der Waals surface area (Å²) in [6.45, 7) is 7.21. The average Bonchev–Trinajstić information content (AvgIpc) is 2.13. The summed E-state index contributed by atoms with van der Waals surface area (Å²) in [5.74, 6) is 0. The van der Waals surface area contributed by atoms with Crippen molar-refractivity contribution < 1.29 is 0 Å². The molecule has 0 bridgehead atoms. The Morgan fingerprint density at radius 1 is 0.765 bits per heavy atom. The van der Waals surface area contributed by atoms with Gasteiger partial charge < -0.3 is 0 Å². The van der Waals surface area contributed by atoms with Crippen molar-refractivity contribution in [2.45, 2.75) is 47.1 Å². The fraction of sp³-hybridized carbons (Fsp3) is 0.889. The summed E-state index contributed by atoms with van der Waals surface area (Å²) in [6, 6.07) is 0. The second-order valence-electron chi connectivity index (χ2n) is 8.60. The van der Waals surface area contributed by atoms with E-state index in [9.17, 15) is 0 Å². The molecule has 1 rings (SSSR count). The van der Waals surface area contributed by atoms with Crippen LogP contribution in [0.3, 0.4) is 0 Å². The summed E-state index contributed by atoms with van der Waals surface area (Å²) in [7, 11) is 21.3. The van der Waals surface area contributed by atoms with Crippen LogP contribution in [0, 0.1) is 0 Å². The molecule has 0 saturated heterocycles. The molecule has 1 aliphatic carbocycles. The maximum atomic E-state index is 4.48. The van der Waals surface area contributed by atoms with Crippen LogP contribution in [0.25, 0.3) is 0 Å². The van der Waals surface area contributed by atoms with Gasteiger partial charge in [0.05, 0.1) is 0 Å². The molecule has 1 fully saturated rings. The first-order chi connectivity index (χ1) is 7.15. The van der Waals surface area contributed by atoms with Crippen LogP contribution in [0.4, 0.5) is 0 Å². The third-order valence-electron chi connectivity index (χ3n) is 7.76. The number of rotatable bonds is 0. The Morgan fingerprint density at radius 3 is 1.47 bits per heavy atom. The predicted molar refractivity (Wildman–Crippen MR) is 102 cm³/mol. The average molecular weight is 219 g/mol. The standard InChI is InChI=1S/C9H24B8/c1-5(11)4(10)8(14,15)6(2,12)7(3,13)9(5,16)17/h10H,11-17H2,1-3H3. The van der Waals surface area contributed by atoms with Crippen LogP contribution >= 0.6 is 0 Å². The van der Waals surface area contributed by atoms with Crippen LogP contribution < -0.4 is 0 Å². The second kappa shape index (κ2) is 3.48. The Hall–Kier alpha value is 0.389. The van der Waals surface area contributed by atoms with Crippen LogP contribution in [0.2, 0.25) is 26.4 Å². The van der Waals surface area contributed by atoms with Crippen LogP contribution in [-0.2, 0) is 0 Å². The zero-order chi connectivity index (χ0) is 14.1. The molecule has 0 spiro atoms. The minimum atomic E-state index is 0.162. The molecule has 0 aromatic rings. The summed E-state index contributed by atoms with van der Waals surface area (Å²) in [4.78, 5) is 0. The Labute approximate surface area is 115 Å². The second-order valence-corrected chi connectivity index (χ2v) is 8.60. The van der Waals surface area contributed by atoms with Crippen LogP contribution in [0.1, 0.15) is 20.8 Å². The van der Waals surface area contributed by atoms with Crippen molar-refractivity contribution in [3.05, 3.63) is 0 Å². The van der Waals surface area contributed by atoms with Gasteiger partial charge in [0.25, 0.3) is 0 Å². The van der Waals surface area contributed by atoms with Gasteiger partial charge in [0.2, 0.25) is 0 Å². The van der Waals surface area contributed by atoms with E-state index < -0.39 is 0 Å².